The number of rotatable bonds is 7. The van der Waals surface area contributed by atoms with E-state index in [2.05, 4.69) is 16.9 Å². The quantitative estimate of drug-likeness (QED) is 0.766. The Kier molecular flexibility index (Phi) is 4.77. The Morgan fingerprint density at radius 2 is 2.16 bits per heavy atom. The molecule has 4 nitrogen and oxygen atoms in total. The summed E-state index contributed by atoms with van der Waals surface area (Å²) < 4.78 is 5.65. The second-order valence-corrected chi connectivity index (χ2v) is 5.68. The van der Waals surface area contributed by atoms with Crippen molar-refractivity contribution >= 4 is 5.69 Å². The Morgan fingerprint density at radius 1 is 1.42 bits per heavy atom. The molecule has 0 spiro atoms. The third-order valence-corrected chi connectivity index (χ3v) is 3.76. The molecule has 0 aromatic carbocycles. The molecule has 0 atom stereocenters. The van der Waals surface area contributed by atoms with Crippen LogP contribution in [0.1, 0.15) is 29.7 Å². The van der Waals surface area contributed by atoms with Gasteiger partial charge in [0.1, 0.15) is 0 Å². The summed E-state index contributed by atoms with van der Waals surface area (Å²) in [6, 6.07) is 0. The molecule has 0 radical (unpaired) electrons. The van der Waals surface area contributed by atoms with Crippen LogP contribution >= 0.6 is 0 Å². The SMILES string of the molecule is Cc1cnc(CN(C)CCOCC2CC2)c(C)c1N. The van der Waals surface area contributed by atoms with Crippen LogP contribution in [0.5, 0.6) is 0 Å². The molecule has 1 aromatic heterocycles. The number of anilines is 1. The van der Waals surface area contributed by atoms with E-state index < -0.39 is 0 Å². The summed E-state index contributed by atoms with van der Waals surface area (Å²) in [6.45, 7) is 7.53. The van der Waals surface area contributed by atoms with Crippen LogP contribution < -0.4 is 5.73 Å². The van der Waals surface area contributed by atoms with Gasteiger partial charge in [-0.25, -0.2) is 0 Å². The summed E-state index contributed by atoms with van der Waals surface area (Å²) in [7, 11) is 2.09. The van der Waals surface area contributed by atoms with Crippen molar-refractivity contribution in [3.8, 4) is 0 Å². The third kappa shape index (κ3) is 4.18. The van der Waals surface area contributed by atoms with E-state index in [9.17, 15) is 0 Å². The molecule has 1 heterocycles. The van der Waals surface area contributed by atoms with Crippen LogP contribution in [0.2, 0.25) is 0 Å². The number of hydrogen-bond donors (Lipinski definition) is 1. The number of aromatic nitrogens is 1. The van der Waals surface area contributed by atoms with Gasteiger partial charge in [-0.1, -0.05) is 0 Å². The first kappa shape index (κ1) is 14.3. The van der Waals surface area contributed by atoms with Crippen molar-refractivity contribution in [3.63, 3.8) is 0 Å². The molecule has 1 aromatic rings. The zero-order valence-electron chi connectivity index (χ0n) is 12.3. The average molecular weight is 263 g/mol. The molecule has 2 N–H and O–H groups in total. The highest BCUT2D eigenvalue weighted by Crippen LogP contribution is 2.28. The zero-order valence-corrected chi connectivity index (χ0v) is 12.3. The van der Waals surface area contributed by atoms with E-state index in [1.165, 1.54) is 12.8 Å². The van der Waals surface area contributed by atoms with Gasteiger partial charge in [0.25, 0.3) is 0 Å². The van der Waals surface area contributed by atoms with Crippen molar-refractivity contribution < 1.29 is 4.74 Å². The normalized spacial score (nSPS) is 15.2. The number of hydrogen-bond acceptors (Lipinski definition) is 4. The minimum Gasteiger partial charge on any atom is -0.398 e. The van der Waals surface area contributed by atoms with Gasteiger partial charge in [0.05, 0.1) is 12.3 Å². The summed E-state index contributed by atoms with van der Waals surface area (Å²) in [5.41, 5.74) is 10.1. The Hall–Kier alpha value is -1.13. The highest BCUT2D eigenvalue weighted by Gasteiger charge is 2.21. The van der Waals surface area contributed by atoms with Crippen LogP contribution in [0, 0.1) is 19.8 Å². The second kappa shape index (κ2) is 6.35. The number of nitrogens with zero attached hydrogens (tertiary/aromatic N) is 2. The maximum Gasteiger partial charge on any atom is 0.0593 e. The van der Waals surface area contributed by atoms with Crippen molar-refractivity contribution in [1.29, 1.82) is 0 Å². The molecule has 2 rings (SSSR count). The molecule has 0 saturated heterocycles. The van der Waals surface area contributed by atoms with Crippen molar-refractivity contribution in [2.45, 2.75) is 33.2 Å². The monoisotopic (exact) mass is 263 g/mol. The number of nitrogen functional groups attached to an aromatic ring is 1. The summed E-state index contributed by atoms with van der Waals surface area (Å²) in [5.74, 6) is 0.839. The zero-order chi connectivity index (χ0) is 13.8. The van der Waals surface area contributed by atoms with E-state index in [1.807, 2.05) is 20.0 Å². The minimum absolute atomic E-state index is 0.799. The fraction of sp³-hybridized carbons (Fsp3) is 0.667. The lowest BCUT2D eigenvalue weighted by Gasteiger charge is -2.18. The predicted molar refractivity (Wildman–Crippen MR) is 78.0 cm³/mol. The average Bonchev–Trinajstić information content (AvgIpc) is 3.20. The topological polar surface area (TPSA) is 51.4 Å². The maximum absolute atomic E-state index is 6.04. The fourth-order valence-corrected chi connectivity index (χ4v) is 2.04. The van der Waals surface area contributed by atoms with Gasteiger partial charge in [-0.3, -0.25) is 9.88 Å². The molecule has 1 fully saturated rings. The molecule has 1 aliphatic carbocycles. The molecule has 19 heavy (non-hydrogen) atoms. The summed E-state index contributed by atoms with van der Waals surface area (Å²) in [4.78, 5) is 6.72. The van der Waals surface area contributed by atoms with E-state index in [0.717, 1.165) is 54.7 Å². The molecule has 106 valence electrons. The molecule has 0 bridgehead atoms. The van der Waals surface area contributed by atoms with Crippen LogP contribution in [0.25, 0.3) is 0 Å². The molecule has 0 aliphatic heterocycles. The van der Waals surface area contributed by atoms with Crippen LogP contribution in [0.15, 0.2) is 6.20 Å². The van der Waals surface area contributed by atoms with E-state index in [1.54, 1.807) is 0 Å². The Balaban J connectivity index is 1.77. The van der Waals surface area contributed by atoms with Gasteiger partial charge < -0.3 is 10.5 Å². The standard InChI is InChI=1S/C15H25N3O/c1-11-8-17-14(12(2)15(11)16)9-18(3)6-7-19-10-13-4-5-13/h8,13H,4-7,9-10H2,1-3H3,(H2,16,17). The molecule has 4 heteroatoms. The Morgan fingerprint density at radius 3 is 2.84 bits per heavy atom. The third-order valence-electron chi connectivity index (χ3n) is 3.76. The van der Waals surface area contributed by atoms with Crippen molar-refractivity contribution in [3.05, 3.63) is 23.0 Å². The van der Waals surface area contributed by atoms with Crippen molar-refractivity contribution in [2.75, 3.05) is 32.5 Å². The first-order chi connectivity index (χ1) is 9.08. The molecule has 1 aliphatic rings. The van der Waals surface area contributed by atoms with E-state index in [-0.39, 0.29) is 0 Å². The van der Waals surface area contributed by atoms with E-state index in [0.29, 0.717) is 0 Å². The number of ether oxygens (including phenoxy) is 1. The largest absolute Gasteiger partial charge is 0.398 e. The first-order valence-corrected chi connectivity index (χ1v) is 7.04. The highest BCUT2D eigenvalue weighted by molar-refractivity contribution is 5.53. The van der Waals surface area contributed by atoms with Gasteiger partial charge in [-0.2, -0.15) is 0 Å². The molecular formula is C15H25N3O. The van der Waals surface area contributed by atoms with Crippen LogP contribution in [-0.2, 0) is 11.3 Å². The van der Waals surface area contributed by atoms with Crippen molar-refractivity contribution in [1.82, 2.24) is 9.88 Å². The lowest BCUT2D eigenvalue weighted by molar-refractivity contribution is 0.101. The fourth-order valence-electron chi connectivity index (χ4n) is 2.04. The van der Waals surface area contributed by atoms with Gasteiger partial charge in [0.2, 0.25) is 0 Å². The van der Waals surface area contributed by atoms with Crippen LogP contribution in [0.4, 0.5) is 5.69 Å². The summed E-state index contributed by atoms with van der Waals surface area (Å²) >= 11 is 0. The Labute approximate surface area is 116 Å². The summed E-state index contributed by atoms with van der Waals surface area (Å²) in [6.07, 6.45) is 4.55. The lowest BCUT2D eigenvalue weighted by atomic mass is 10.1. The summed E-state index contributed by atoms with van der Waals surface area (Å²) in [5, 5.41) is 0. The van der Waals surface area contributed by atoms with E-state index in [4.69, 9.17) is 10.5 Å². The molecular weight excluding hydrogens is 238 g/mol. The van der Waals surface area contributed by atoms with Gasteiger partial charge >= 0.3 is 0 Å². The highest BCUT2D eigenvalue weighted by atomic mass is 16.5. The lowest BCUT2D eigenvalue weighted by Crippen LogP contribution is -2.24. The number of likely N-dealkylation sites (N-methyl/N-ethyl adjacent to an activating group) is 1. The molecule has 0 amide bonds. The smallest absolute Gasteiger partial charge is 0.0593 e. The number of nitrogens with two attached hydrogens (primary N) is 1. The Bertz CT molecular complexity index is 430. The number of pyridine rings is 1. The van der Waals surface area contributed by atoms with Gasteiger partial charge in [0, 0.05) is 31.6 Å². The molecule has 0 unspecified atom stereocenters. The van der Waals surface area contributed by atoms with Gasteiger partial charge in [-0.15, -0.1) is 0 Å². The van der Waals surface area contributed by atoms with Gasteiger partial charge in [0.15, 0.2) is 0 Å². The van der Waals surface area contributed by atoms with Crippen molar-refractivity contribution in [2.24, 2.45) is 5.92 Å². The molecule has 1 saturated carbocycles. The van der Waals surface area contributed by atoms with E-state index >= 15 is 0 Å². The van der Waals surface area contributed by atoms with Crippen LogP contribution in [0.3, 0.4) is 0 Å². The first-order valence-electron chi connectivity index (χ1n) is 7.04. The predicted octanol–water partition coefficient (Wildman–Crippen LogP) is 2.14. The maximum atomic E-state index is 6.04. The van der Waals surface area contributed by atoms with Crippen LogP contribution in [-0.4, -0.2) is 36.7 Å². The second-order valence-electron chi connectivity index (χ2n) is 5.68. The minimum atomic E-state index is 0.799. The van der Waals surface area contributed by atoms with Gasteiger partial charge in [-0.05, 0) is 50.8 Å². The number of aryl methyl sites for hydroxylation is 1.